The highest BCUT2D eigenvalue weighted by atomic mass is 16.5. The van der Waals surface area contributed by atoms with Crippen LogP contribution in [-0.2, 0) is 6.42 Å². The largest absolute Gasteiger partial charge is 0.488 e. The van der Waals surface area contributed by atoms with Crippen molar-refractivity contribution in [3.63, 3.8) is 0 Å². The molecule has 0 bridgehead atoms. The van der Waals surface area contributed by atoms with Crippen LogP contribution in [0.15, 0.2) is 23.4 Å². The summed E-state index contributed by atoms with van der Waals surface area (Å²) in [5.41, 5.74) is 2.09. The van der Waals surface area contributed by atoms with Crippen LogP contribution >= 0.6 is 0 Å². The second-order valence-corrected chi connectivity index (χ2v) is 3.18. The normalized spacial score (nSPS) is 10.8. The van der Waals surface area contributed by atoms with Gasteiger partial charge in [-0.05, 0) is 30.5 Å². The first kappa shape index (κ1) is 11.5. The summed E-state index contributed by atoms with van der Waals surface area (Å²) in [6, 6.07) is 5.74. The molecule has 2 N–H and O–H groups in total. The average molecular weight is 209 g/mol. The number of benzene rings is 1. The van der Waals surface area contributed by atoms with Gasteiger partial charge in [0.2, 0.25) is 0 Å². The Morgan fingerprint density at radius 1 is 1.47 bits per heavy atom. The van der Waals surface area contributed by atoms with Crippen molar-refractivity contribution in [3.05, 3.63) is 29.3 Å². The Morgan fingerprint density at radius 3 is 2.87 bits per heavy atom. The summed E-state index contributed by atoms with van der Waals surface area (Å²) in [7, 11) is 0. The van der Waals surface area contributed by atoms with Gasteiger partial charge in [-0.1, -0.05) is 17.3 Å². The molecule has 0 aromatic heterocycles. The van der Waals surface area contributed by atoms with Crippen LogP contribution in [0, 0.1) is 6.92 Å². The van der Waals surface area contributed by atoms with E-state index in [-0.39, 0.29) is 13.2 Å². The van der Waals surface area contributed by atoms with Gasteiger partial charge in [-0.15, -0.1) is 0 Å². The molecule has 0 aliphatic carbocycles. The second-order valence-electron chi connectivity index (χ2n) is 3.18. The van der Waals surface area contributed by atoms with Gasteiger partial charge < -0.3 is 15.1 Å². The molecule has 15 heavy (non-hydrogen) atoms. The second kappa shape index (κ2) is 6.03. The molecular formula is C11H15NO3. The molecule has 0 atom stereocenters. The summed E-state index contributed by atoms with van der Waals surface area (Å²) < 4.78 is 5.34. The van der Waals surface area contributed by atoms with Crippen molar-refractivity contribution in [2.75, 3.05) is 13.2 Å². The van der Waals surface area contributed by atoms with Gasteiger partial charge in [0.1, 0.15) is 12.4 Å². The number of nitrogens with zero attached hydrogens (tertiary/aromatic N) is 1. The van der Waals surface area contributed by atoms with Crippen LogP contribution in [0.25, 0.3) is 0 Å². The Bertz CT molecular complexity index is 337. The molecular weight excluding hydrogens is 194 g/mol. The Morgan fingerprint density at radius 2 is 2.27 bits per heavy atom. The number of hydrogen-bond donors (Lipinski definition) is 2. The number of rotatable bonds is 5. The Balaban J connectivity index is 2.65. The van der Waals surface area contributed by atoms with E-state index in [1.54, 1.807) is 0 Å². The van der Waals surface area contributed by atoms with Gasteiger partial charge in [0.15, 0.2) is 0 Å². The SMILES string of the molecule is Cc1cc(CCO)ccc1OCC=NO. The fourth-order valence-electron chi connectivity index (χ4n) is 1.32. The van der Waals surface area contributed by atoms with Gasteiger partial charge in [-0.25, -0.2) is 0 Å². The first-order valence-electron chi connectivity index (χ1n) is 4.77. The molecule has 1 aromatic rings. The third-order valence-electron chi connectivity index (χ3n) is 2.03. The molecule has 0 spiro atoms. The Hall–Kier alpha value is -1.55. The molecule has 0 fully saturated rings. The minimum Gasteiger partial charge on any atom is -0.488 e. The highest BCUT2D eigenvalue weighted by Crippen LogP contribution is 2.19. The van der Waals surface area contributed by atoms with Gasteiger partial charge in [0.25, 0.3) is 0 Å². The zero-order chi connectivity index (χ0) is 11.1. The van der Waals surface area contributed by atoms with E-state index in [0.29, 0.717) is 6.42 Å². The van der Waals surface area contributed by atoms with E-state index in [4.69, 9.17) is 15.1 Å². The number of aryl methyl sites for hydroxylation is 1. The van der Waals surface area contributed by atoms with Crippen molar-refractivity contribution in [3.8, 4) is 5.75 Å². The molecule has 4 nitrogen and oxygen atoms in total. The Kier molecular flexibility index (Phi) is 4.63. The maximum Gasteiger partial charge on any atom is 0.127 e. The first-order chi connectivity index (χ1) is 7.27. The van der Waals surface area contributed by atoms with E-state index in [0.717, 1.165) is 16.9 Å². The molecule has 0 aliphatic rings. The lowest BCUT2D eigenvalue weighted by Gasteiger charge is -2.08. The monoisotopic (exact) mass is 209 g/mol. The molecule has 0 saturated heterocycles. The average Bonchev–Trinajstić information content (AvgIpc) is 2.22. The number of oxime groups is 1. The summed E-state index contributed by atoms with van der Waals surface area (Å²) >= 11 is 0. The quantitative estimate of drug-likeness (QED) is 0.437. The van der Waals surface area contributed by atoms with Crippen molar-refractivity contribution in [1.82, 2.24) is 0 Å². The predicted molar refractivity (Wildman–Crippen MR) is 57.7 cm³/mol. The summed E-state index contributed by atoms with van der Waals surface area (Å²) in [6.07, 6.45) is 1.93. The van der Waals surface area contributed by atoms with Crippen molar-refractivity contribution >= 4 is 6.21 Å². The van der Waals surface area contributed by atoms with E-state index in [1.807, 2.05) is 25.1 Å². The van der Waals surface area contributed by atoms with Crippen LogP contribution < -0.4 is 4.74 Å². The molecule has 1 aromatic carbocycles. The van der Waals surface area contributed by atoms with Crippen molar-refractivity contribution < 1.29 is 15.1 Å². The fraction of sp³-hybridized carbons (Fsp3) is 0.364. The number of hydrogen-bond acceptors (Lipinski definition) is 4. The summed E-state index contributed by atoms with van der Waals surface area (Å²) in [4.78, 5) is 0. The molecule has 82 valence electrons. The van der Waals surface area contributed by atoms with Gasteiger partial charge in [0.05, 0.1) is 6.21 Å². The molecule has 0 heterocycles. The fourth-order valence-corrected chi connectivity index (χ4v) is 1.32. The van der Waals surface area contributed by atoms with E-state index in [1.165, 1.54) is 6.21 Å². The van der Waals surface area contributed by atoms with E-state index >= 15 is 0 Å². The van der Waals surface area contributed by atoms with Crippen LogP contribution in [0.3, 0.4) is 0 Å². The van der Waals surface area contributed by atoms with Crippen LogP contribution in [0.4, 0.5) is 0 Å². The lowest BCUT2D eigenvalue weighted by Crippen LogP contribution is -2.00. The molecule has 0 amide bonds. The Labute approximate surface area is 88.8 Å². The van der Waals surface area contributed by atoms with E-state index < -0.39 is 0 Å². The molecule has 0 saturated carbocycles. The highest BCUT2D eigenvalue weighted by Gasteiger charge is 2.00. The number of aliphatic hydroxyl groups is 1. The third kappa shape index (κ3) is 3.59. The zero-order valence-corrected chi connectivity index (χ0v) is 8.68. The summed E-state index contributed by atoms with van der Waals surface area (Å²) in [6.45, 7) is 2.33. The van der Waals surface area contributed by atoms with E-state index in [2.05, 4.69) is 5.16 Å². The van der Waals surface area contributed by atoms with E-state index in [9.17, 15) is 0 Å². The summed E-state index contributed by atoms with van der Waals surface area (Å²) in [5.74, 6) is 0.761. The van der Waals surface area contributed by atoms with Crippen LogP contribution in [0.5, 0.6) is 5.75 Å². The molecule has 0 unspecified atom stereocenters. The number of ether oxygens (including phenoxy) is 1. The molecule has 0 radical (unpaired) electrons. The number of aliphatic hydroxyl groups excluding tert-OH is 1. The third-order valence-corrected chi connectivity index (χ3v) is 2.03. The molecule has 4 heteroatoms. The maximum absolute atomic E-state index is 8.78. The van der Waals surface area contributed by atoms with Gasteiger partial charge in [0, 0.05) is 6.61 Å². The van der Waals surface area contributed by atoms with Crippen molar-refractivity contribution in [2.45, 2.75) is 13.3 Å². The lowest BCUT2D eigenvalue weighted by molar-refractivity contribution is 0.299. The smallest absolute Gasteiger partial charge is 0.127 e. The first-order valence-corrected chi connectivity index (χ1v) is 4.77. The minimum atomic E-state index is 0.150. The summed E-state index contributed by atoms with van der Waals surface area (Å²) in [5, 5.41) is 19.8. The topological polar surface area (TPSA) is 62.0 Å². The van der Waals surface area contributed by atoms with Gasteiger partial charge in [-0.2, -0.15) is 0 Å². The maximum atomic E-state index is 8.78. The van der Waals surface area contributed by atoms with Crippen LogP contribution in [0.1, 0.15) is 11.1 Å². The predicted octanol–water partition coefficient (Wildman–Crippen LogP) is 1.37. The van der Waals surface area contributed by atoms with Crippen LogP contribution in [0.2, 0.25) is 0 Å². The van der Waals surface area contributed by atoms with Gasteiger partial charge >= 0.3 is 0 Å². The lowest BCUT2D eigenvalue weighted by atomic mass is 10.1. The molecule has 0 aliphatic heterocycles. The van der Waals surface area contributed by atoms with Crippen LogP contribution in [-0.4, -0.2) is 29.7 Å². The standard InChI is InChI=1S/C11H15NO3/c1-9-8-10(4-6-13)2-3-11(9)15-7-5-12-14/h2-3,5,8,13-14H,4,6-7H2,1H3. The molecule has 1 rings (SSSR count). The van der Waals surface area contributed by atoms with Crippen molar-refractivity contribution in [2.24, 2.45) is 5.16 Å². The van der Waals surface area contributed by atoms with Gasteiger partial charge in [-0.3, -0.25) is 0 Å². The highest BCUT2D eigenvalue weighted by molar-refractivity contribution is 5.58. The minimum absolute atomic E-state index is 0.150. The zero-order valence-electron chi connectivity index (χ0n) is 8.68. The van der Waals surface area contributed by atoms with Crippen molar-refractivity contribution in [1.29, 1.82) is 0 Å².